The van der Waals surface area contributed by atoms with Crippen LogP contribution in [0.1, 0.15) is 21.7 Å². The molecule has 0 bridgehead atoms. The molecule has 2 aromatic rings. The van der Waals surface area contributed by atoms with E-state index in [0.717, 1.165) is 0 Å². The Morgan fingerprint density at radius 2 is 2.27 bits per heavy atom. The van der Waals surface area contributed by atoms with E-state index in [1.54, 1.807) is 12.1 Å². The molecule has 5 N–H and O–H groups in total. The van der Waals surface area contributed by atoms with E-state index >= 15 is 0 Å². The summed E-state index contributed by atoms with van der Waals surface area (Å²) in [6.07, 6.45) is 0.662. The van der Waals surface area contributed by atoms with Crippen LogP contribution in [0.5, 0.6) is 5.75 Å². The molecular formula is C14H17BN6O5. The van der Waals surface area contributed by atoms with Gasteiger partial charge < -0.3 is 25.8 Å². The molecule has 0 aliphatic carbocycles. The number of carbonyl (C=O) groups is 2. The monoisotopic (exact) mass is 360 g/mol. The maximum absolute atomic E-state index is 12.2. The van der Waals surface area contributed by atoms with Crippen LogP contribution in [0.15, 0.2) is 18.2 Å². The lowest BCUT2D eigenvalue weighted by Gasteiger charge is -2.28. The zero-order valence-electron chi connectivity index (χ0n) is 13.7. The van der Waals surface area contributed by atoms with Crippen LogP contribution in [0.25, 0.3) is 0 Å². The van der Waals surface area contributed by atoms with Crippen LogP contribution in [-0.2, 0) is 24.2 Å². The molecule has 136 valence electrons. The number of carboxylic acid groups (broad SMARTS) is 1. The second-order valence-corrected chi connectivity index (χ2v) is 5.78. The number of para-hydroxylation sites is 1. The van der Waals surface area contributed by atoms with Gasteiger partial charge in [-0.2, -0.15) is 0 Å². The topological polar surface area (TPSA) is 165 Å². The van der Waals surface area contributed by atoms with Crippen LogP contribution in [0.3, 0.4) is 0 Å². The smallest absolute Gasteiger partial charge is 0.534 e. The minimum absolute atomic E-state index is 0.0357. The fourth-order valence-electron chi connectivity index (χ4n) is 2.76. The summed E-state index contributed by atoms with van der Waals surface area (Å²) in [5.74, 6) is -1.69. The first-order chi connectivity index (χ1) is 12.5. The highest BCUT2D eigenvalue weighted by Crippen LogP contribution is 2.30. The molecule has 26 heavy (non-hydrogen) atoms. The molecule has 0 saturated carbocycles. The third kappa shape index (κ3) is 3.65. The number of nitrogens with two attached hydrogens (primary N) is 1. The van der Waals surface area contributed by atoms with Gasteiger partial charge in [0.1, 0.15) is 12.3 Å². The van der Waals surface area contributed by atoms with Gasteiger partial charge in [0.25, 0.3) is 0 Å². The molecule has 11 nitrogen and oxygen atoms in total. The zero-order valence-corrected chi connectivity index (χ0v) is 13.7. The molecule has 1 aromatic carbocycles. The average molecular weight is 360 g/mol. The summed E-state index contributed by atoms with van der Waals surface area (Å²) in [5.41, 5.74) is 6.02. The van der Waals surface area contributed by atoms with Crippen molar-refractivity contribution in [2.75, 3.05) is 6.54 Å². The minimum Gasteiger partial charge on any atom is -0.534 e. The summed E-state index contributed by atoms with van der Waals surface area (Å²) in [6, 6.07) is 4.67. The molecule has 1 aromatic heterocycles. The number of tetrazole rings is 1. The first-order valence-corrected chi connectivity index (χ1v) is 7.94. The van der Waals surface area contributed by atoms with E-state index in [2.05, 4.69) is 20.8 Å². The summed E-state index contributed by atoms with van der Waals surface area (Å²) in [4.78, 5) is 23.5. The first kappa shape index (κ1) is 17.8. The Balaban J connectivity index is 1.69. The number of hydrogen-bond acceptors (Lipinski definition) is 8. The van der Waals surface area contributed by atoms with Gasteiger partial charge in [0, 0.05) is 6.42 Å². The van der Waals surface area contributed by atoms with E-state index in [0.29, 0.717) is 24.4 Å². The lowest BCUT2D eigenvalue weighted by atomic mass is 9.72. The number of aromatic nitrogens is 4. The van der Waals surface area contributed by atoms with Gasteiger partial charge in [-0.05, 0) is 35.0 Å². The maximum atomic E-state index is 12.2. The van der Waals surface area contributed by atoms with Gasteiger partial charge in [-0.25, -0.2) is 9.48 Å². The van der Waals surface area contributed by atoms with Crippen molar-refractivity contribution in [1.29, 1.82) is 0 Å². The van der Waals surface area contributed by atoms with Gasteiger partial charge in [-0.3, -0.25) is 4.79 Å². The minimum atomic E-state index is -1.37. The lowest BCUT2D eigenvalue weighted by Crippen LogP contribution is -2.53. The fraction of sp³-hybridized carbons (Fsp3) is 0.357. The number of nitrogens with zero attached hydrogens (tertiary/aromatic N) is 4. The summed E-state index contributed by atoms with van der Waals surface area (Å²) in [6.45, 7) is 0.216. The van der Waals surface area contributed by atoms with Crippen molar-refractivity contribution < 1.29 is 24.4 Å². The number of hydrogen-bond donors (Lipinski definition) is 4. The van der Waals surface area contributed by atoms with E-state index in [-0.39, 0.29) is 24.3 Å². The number of carbonyl (C=O) groups excluding carboxylic acids is 1. The molecule has 12 heteroatoms. The largest absolute Gasteiger partial charge is 0.547 e. The van der Waals surface area contributed by atoms with E-state index < -0.39 is 24.9 Å². The molecule has 3 rings (SSSR count). The van der Waals surface area contributed by atoms with Gasteiger partial charge in [0.15, 0.2) is 5.82 Å². The Morgan fingerprint density at radius 3 is 3.00 bits per heavy atom. The molecule has 1 aliphatic rings. The summed E-state index contributed by atoms with van der Waals surface area (Å²) < 4.78 is 6.66. The maximum Gasteiger partial charge on any atom is 0.547 e. The van der Waals surface area contributed by atoms with Crippen LogP contribution in [0.2, 0.25) is 0 Å². The molecule has 0 saturated heterocycles. The Morgan fingerprint density at radius 1 is 1.46 bits per heavy atom. The van der Waals surface area contributed by atoms with Gasteiger partial charge in [-0.15, -0.1) is 5.10 Å². The highest BCUT2D eigenvalue weighted by molar-refractivity contribution is 6.47. The highest BCUT2D eigenvalue weighted by Gasteiger charge is 2.37. The normalized spacial score (nSPS) is 15.9. The summed E-state index contributed by atoms with van der Waals surface area (Å²) in [5, 5.41) is 33.0. The fourth-order valence-corrected chi connectivity index (χ4v) is 2.76. The van der Waals surface area contributed by atoms with Crippen LogP contribution >= 0.6 is 0 Å². The van der Waals surface area contributed by atoms with Crippen molar-refractivity contribution in [3.05, 3.63) is 35.2 Å². The quantitative estimate of drug-likeness (QED) is 0.427. The Kier molecular flexibility index (Phi) is 5.14. The van der Waals surface area contributed by atoms with Crippen molar-refractivity contribution in [2.24, 2.45) is 5.73 Å². The summed E-state index contributed by atoms with van der Waals surface area (Å²) >= 11 is 0. The predicted octanol–water partition coefficient (Wildman–Crippen LogP) is -1.99. The van der Waals surface area contributed by atoms with Crippen LogP contribution in [0, 0.1) is 0 Å². The number of benzene rings is 1. The molecule has 0 spiro atoms. The van der Waals surface area contributed by atoms with Gasteiger partial charge >= 0.3 is 13.1 Å². The Bertz CT molecular complexity index is 828. The highest BCUT2D eigenvalue weighted by atomic mass is 16.5. The van der Waals surface area contributed by atoms with E-state index in [9.17, 15) is 19.7 Å². The third-order valence-corrected chi connectivity index (χ3v) is 3.96. The van der Waals surface area contributed by atoms with Gasteiger partial charge in [0.05, 0.1) is 11.5 Å². The number of nitrogens with one attached hydrogen (secondary N) is 1. The van der Waals surface area contributed by atoms with Crippen molar-refractivity contribution >= 4 is 19.0 Å². The second-order valence-electron chi connectivity index (χ2n) is 5.78. The van der Waals surface area contributed by atoms with E-state index in [1.807, 2.05) is 0 Å². The lowest BCUT2D eigenvalue weighted by molar-refractivity contribution is -0.122. The molecule has 1 amide bonds. The SMILES string of the molecule is NCCc1nnnn1CC(=O)N[C@H]1Cc2cccc(C(=O)O)c2OB1O. The zero-order chi connectivity index (χ0) is 18.7. The number of amides is 1. The van der Waals surface area contributed by atoms with Crippen LogP contribution < -0.4 is 15.7 Å². The Hall–Kier alpha value is -2.99. The van der Waals surface area contributed by atoms with Crippen molar-refractivity contribution in [1.82, 2.24) is 25.5 Å². The van der Waals surface area contributed by atoms with Crippen molar-refractivity contribution in [2.45, 2.75) is 25.3 Å². The molecule has 0 fully saturated rings. The third-order valence-electron chi connectivity index (χ3n) is 3.96. The van der Waals surface area contributed by atoms with Crippen molar-refractivity contribution in [3.63, 3.8) is 0 Å². The van der Waals surface area contributed by atoms with Crippen molar-refractivity contribution in [3.8, 4) is 5.75 Å². The predicted molar refractivity (Wildman–Crippen MR) is 88.2 cm³/mol. The molecule has 1 aliphatic heterocycles. The number of fused-ring (bicyclic) bond motifs is 1. The summed E-state index contributed by atoms with van der Waals surface area (Å²) in [7, 11) is -1.37. The van der Waals surface area contributed by atoms with E-state index in [1.165, 1.54) is 10.7 Å². The molecule has 0 unspecified atom stereocenters. The molecular weight excluding hydrogens is 343 g/mol. The average Bonchev–Trinajstić information content (AvgIpc) is 3.02. The molecule has 1 atom stereocenters. The van der Waals surface area contributed by atoms with Crippen LogP contribution in [-0.4, -0.2) is 61.8 Å². The van der Waals surface area contributed by atoms with Gasteiger partial charge in [-0.1, -0.05) is 12.1 Å². The van der Waals surface area contributed by atoms with E-state index in [4.69, 9.17) is 10.4 Å². The number of carboxylic acids is 1. The molecule has 0 radical (unpaired) electrons. The van der Waals surface area contributed by atoms with Gasteiger partial charge in [0.2, 0.25) is 5.91 Å². The number of aromatic carboxylic acids is 1. The Labute approximate surface area is 148 Å². The molecule has 2 heterocycles. The first-order valence-electron chi connectivity index (χ1n) is 7.94. The second kappa shape index (κ2) is 7.50. The standard InChI is InChI=1S/C14H17BN6O5/c16-5-4-11-18-19-20-21(11)7-12(22)17-10-6-8-2-1-3-9(14(23)24)13(8)26-15(10)25/h1-3,10,25H,4-7,16H2,(H,17,22)(H,23,24)/t10-/m0/s1. The van der Waals surface area contributed by atoms with Crippen LogP contribution in [0.4, 0.5) is 0 Å². The number of rotatable bonds is 6.